The van der Waals surface area contributed by atoms with Gasteiger partial charge in [-0.1, -0.05) is 158 Å². The lowest BCUT2D eigenvalue weighted by Gasteiger charge is -2.12. The lowest BCUT2D eigenvalue weighted by Crippen LogP contribution is -1.91. The van der Waals surface area contributed by atoms with Crippen molar-refractivity contribution in [3.8, 4) is 134 Å². The molecule has 0 N–H and O–H groups in total. The smallest absolute Gasteiger partial charge is 0.0353 e. The molecule has 0 spiro atoms. The highest BCUT2D eigenvalue weighted by Crippen LogP contribution is 2.57. The van der Waals surface area contributed by atoms with Gasteiger partial charge in [0.05, 0.1) is 0 Å². The molecule has 8 heteroatoms. The minimum absolute atomic E-state index is 1.11. The summed E-state index contributed by atoms with van der Waals surface area (Å²) >= 11 is 0. The van der Waals surface area contributed by atoms with Crippen LogP contribution >= 0.6 is 0 Å². The van der Waals surface area contributed by atoms with Crippen molar-refractivity contribution in [2.24, 2.45) is 0 Å². The van der Waals surface area contributed by atoms with Gasteiger partial charge >= 0.3 is 0 Å². The van der Waals surface area contributed by atoms with Crippen molar-refractivity contribution in [1.82, 2.24) is 39.9 Å². The predicted octanol–water partition coefficient (Wildman–Crippen LogP) is 21.8. The van der Waals surface area contributed by atoms with Gasteiger partial charge in [-0.25, -0.2) is 0 Å². The normalized spacial score (nSPS) is 12.3. The second-order valence-corrected chi connectivity index (χ2v) is 25.5. The summed E-state index contributed by atoms with van der Waals surface area (Å²) in [5.41, 5.74) is 42.9. The molecule has 8 aromatic heterocycles. The molecule has 4 aliphatic carbocycles. The third-order valence-corrected chi connectivity index (χ3v) is 20.1. The van der Waals surface area contributed by atoms with E-state index in [1.165, 1.54) is 145 Å². The summed E-state index contributed by atoms with van der Waals surface area (Å²) in [4.78, 5) is 34.9. The molecule has 0 amide bonds. The van der Waals surface area contributed by atoms with Gasteiger partial charge < -0.3 is 0 Å². The number of benzene rings is 8. The maximum Gasteiger partial charge on any atom is 0.0353 e. The van der Waals surface area contributed by atoms with Crippen LogP contribution in [-0.2, 0) is 0 Å². The highest BCUT2D eigenvalue weighted by Gasteiger charge is 2.35. The van der Waals surface area contributed by atoms with E-state index in [9.17, 15) is 0 Å². The maximum atomic E-state index is 4.49. The summed E-state index contributed by atoms with van der Waals surface area (Å²) in [5, 5.41) is 0. The van der Waals surface area contributed by atoms with Crippen LogP contribution in [0.15, 0.2) is 342 Å². The first kappa shape index (κ1) is 57.9. The maximum absolute atomic E-state index is 4.49. The SMILES string of the molecule is c1cc(-c2ccc(-c3ccc4c(c3)-c3cc(-c5ccc(-c6ccncc6)cc5)ccc3C4=C3c4ccncc4-c4cnccc43)cc2)ccn1.c1cncc(-c2ccc(-c3ccc4c(c3)-c3cc(-c5ccc(-c6cccnc6)cc5)ccc3C4=C3c4ccncc4-c4cnccc43)cc2)c1. The molecule has 100 heavy (non-hydrogen) atoms. The topological polar surface area (TPSA) is 103 Å². The number of nitrogens with zero attached hydrogens (tertiary/aromatic N) is 8. The molecular weight excluding hydrogens is 1220 g/mol. The van der Waals surface area contributed by atoms with Crippen LogP contribution in [0.3, 0.4) is 0 Å². The lowest BCUT2D eigenvalue weighted by atomic mass is 9.91. The Bertz CT molecular complexity index is 5220. The van der Waals surface area contributed by atoms with E-state index in [0.717, 1.165) is 55.6 Å². The summed E-state index contributed by atoms with van der Waals surface area (Å²) in [6.45, 7) is 0. The first-order valence-electron chi connectivity index (χ1n) is 33.5. The Balaban J connectivity index is 0.000000139. The quantitative estimate of drug-likeness (QED) is 0.148. The van der Waals surface area contributed by atoms with E-state index >= 15 is 0 Å². The zero-order chi connectivity index (χ0) is 66.0. The fourth-order valence-electron chi connectivity index (χ4n) is 15.2. The fraction of sp³-hybridized carbons (Fsp3) is 0. The number of rotatable bonds is 8. The molecule has 0 radical (unpaired) electrons. The minimum atomic E-state index is 1.11. The van der Waals surface area contributed by atoms with Crippen LogP contribution in [-0.4, -0.2) is 39.9 Å². The third-order valence-electron chi connectivity index (χ3n) is 20.1. The van der Waals surface area contributed by atoms with Crippen LogP contribution < -0.4 is 0 Å². The van der Waals surface area contributed by atoms with Gasteiger partial charge in [0, 0.05) is 121 Å². The molecule has 4 aliphatic rings. The van der Waals surface area contributed by atoms with E-state index in [0.29, 0.717) is 0 Å². The van der Waals surface area contributed by atoms with Gasteiger partial charge in [-0.3, -0.25) is 39.9 Å². The van der Waals surface area contributed by atoms with Gasteiger partial charge in [-0.2, -0.15) is 0 Å². The Kier molecular flexibility index (Phi) is 14.0. The fourth-order valence-corrected chi connectivity index (χ4v) is 15.2. The van der Waals surface area contributed by atoms with Gasteiger partial charge in [0.15, 0.2) is 0 Å². The largest absolute Gasteiger partial charge is 0.265 e. The zero-order valence-electron chi connectivity index (χ0n) is 53.9. The van der Waals surface area contributed by atoms with Crippen molar-refractivity contribution >= 4 is 22.3 Å². The van der Waals surface area contributed by atoms with Crippen LogP contribution in [0.1, 0.15) is 44.5 Å². The van der Waals surface area contributed by atoms with Gasteiger partial charge in [0.2, 0.25) is 0 Å². The molecule has 0 fully saturated rings. The first-order valence-corrected chi connectivity index (χ1v) is 33.5. The standard InChI is InChI=1S/2C46H28N4/c1-5-31(6-2-29(1)33-13-19-47-20-14-33)35-9-11-37-41(25-35)42-26-36(32-7-3-30(4-8-32)34-15-21-48-22-16-34)10-12-38(42)45(37)46-39-17-23-49-27-43(39)44-28-50-24-18-40(44)46;1-3-35(25-47-19-1)31-9-5-29(6-10-31)33-13-15-37-41(23-33)42-24-34(30-7-11-32(12-8-30)36-4-2-20-48-26-36)14-16-38(42)45(37)46-39-17-21-49-27-43(39)44-28-50-22-18-40(44)46/h2*1-28H. The van der Waals surface area contributed by atoms with E-state index in [-0.39, 0.29) is 0 Å². The highest BCUT2D eigenvalue weighted by molar-refractivity contribution is 6.21. The lowest BCUT2D eigenvalue weighted by molar-refractivity contribution is 1.30. The van der Waals surface area contributed by atoms with E-state index in [1.54, 1.807) is 0 Å². The highest BCUT2D eigenvalue weighted by atomic mass is 14.7. The molecule has 8 aromatic carbocycles. The predicted molar refractivity (Wildman–Crippen MR) is 403 cm³/mol. The molecule has 0 saturated carbocycles. The van der Waals surface area contributed by atoms with E-state index < -0.39 is 0 Å². The number of fused-ring (bicyclic) bond motifs is 12. The van der Waals surface area contributed by atoms with Crippen molar-refractivity contribution < 1.29 is 0 Å². The monoisotopic (exact) mass is 1270 g/mol. The van der Waals surface area contributed by atoms with Crippen molar-refractivity contribution in [2.75, 3.05) is 0 Å². The molecule has 0 unspecified atom stereocenters. The molecular formula is C92H56N8. The third kappa shape index (κ3) is 10.0. The van der Waals surface area contributed by atoms with Crippen LogP contribution in [0.5, 0.6) is 0 Å². The average Bonchev–Trinajstić information content (AvgIpc) is 1.56. The summed E-state index contributed by atoms with van der Waals surface area (Å²) in [6.07, 6.45) is 30.2. The summed E-state index contributed by atoms with van der Waals surface area (Å²) < 4.78 is 0. The molecule has 16 aromatic rings. The van der Waals surface area contributed by atoms with E-state index in [1.807, 2.05) is 136 Å². The van der Waals surface area contributed by atoms with E-state index in [2.05, 4.69) is 246 Å². The Morgan fingerprint density at radius 3 is 0.570 bits per heavy atom. The number of pyridine rings is 8. The second kappa shape index (κ2) is 24.3. The molecule has 0 saturated heterocycles. The zero-order valence-corrected chi connectivity index (χ0v) is 53.9. The van der Waals surface area contributed by atoms with Crippen molar-refractivity contribution in [2.45, 2.75) is 0 Å². The first-order chi connectivity index (χ1) is 49.6. The van der Waals surface area contributed by atoms with E-state index in [4.69, 9.17) is 0 Å². The van der Waals surface area contributed by atoms with Crippen molar-refractivity contribution in [3.63, 3.8) is 0 Å². The molecule has 0 aliphatic heterocycles. The molecule has 8 heterocycles. The molecule has 0 bridgehead atoms. The molecule has 8 nitrogen and oxygen atoms in total. The van der Waals surface area contributed by atoms with Crippen LogP contribution in [0.25, 0.3) is 156 Å². The Labute approximate surface area is 578 Å². The van der Waals surface area contributed by atoms with Crippen molar-refractivity contribution in [1.29, 1.82) is 0 Å². The van der Waals surface area contributed by atoms with Crippen LogP contribution in [0.4, 0.5) is 0 Å². The Morgan fingerprint density at radius 2 is 0.320 bits per heavy atom. The minimum Gasteiger partial charge on any atom is -0.265 e. The van der Waals surface area contributed by atoms with Gasteiger partial charge in [0.25, 0.3) is 0 Å². The summed E-state index contributed by atoms with van der Waals surface area (Å²) in [7, 11) is 0. The Morgan fingerprint density at radius 1 is 0.120 bits per heavy atom. The molecule has 0 atom stereocenters. The van der Waals surface area contributed by atoms with Gasteiger partial charge in [-0.05, 0) is 263 Å². The van der Waals surface area contributed by atoms with Crippen LogP contribution in [0, 0.1) is 0 Å². The molecule has 464 valence electrons. The van der Waals surface area contributed by atoms with Crippen LogP contribution in [0.2, 0.25) is 0 Å². The number of aromatic nitrogens is 8. The average molecular weight is 1270 g/mol. The second-order valence-electron chi connectivity index (χ2n) is 25.5. The summed E-state index contributed by atoms with van der Waals surface area (Å²) in [6, 6.07) is 87.9. The van der Waals surface area contributed by atoms with Gasteiger partial charge in [-0.15, -0.1) is 0 Å². The number of hydrogen-bond acceptors (Lipinski definition) is 8. The van der Waals surface area contributed by atoms with Crippen molar-refractivity contribution in [3.05, 3.63) is 386 Å². The molecule has 20 rings (SSSR count). The summed E-state index contributed by atoms with van der Waals surface area (Å²) in [5.74, 6) is 0. The number of hydrogen-bond donors (Lipinski definition) is 0. The van der Waals surface area contributed by atoms with Gasteiger partial charge in [0.1, 0.15) is 0 Å². The Hall–Kier alpha value is -13.6.